The van der Waals surface area contributed by atoms with Gasteiger partial charge in [-0.15, -0.1) is 0 Å². The second kappa shape index (κ2) is 8.81. The summed E-state index contributed by atoms with van der Waals surface area (Å²) >= 11 is 7.03. The van der Waals surface area contributed by atoms with Crippen LogP contribution in [0.5, 0.6) is 11.5 Å². The van der Waals surface area contributed by atoms with Crippen molar-refractivity contribution in [2.24, 2.45) is 10.7 Å². The molecule has 144 valence electrons. The average molecular weight is 418 g/mol. The van der Waals surface area contributed by atoms with E-state index in [4.69, 9.17) is 26.8 Å². The van der Waals surface area contributed by atoms with Crippen LogP contribution in [-0.2, 0) is 4.79 Å². The number of halogens is 1. The van der Waals surface area contributed by atoms with Crippen LogP contribution in [0, 0.1) is 0 Å². The molecule has 1 heterocycles. The van der Waals surface area contributed by atoms with Crippen molar-refractivity contribution in [3.63, 3.8) is 0 Å². The van der Waals surface area contributed by atoms with E-state index < -0.39 is 5.91 Å². The van der Waals surface area contributed by atoms with Gasteiger partial charge in [0.1, 0.15) is 5.84 Å². The van der Waals surface area contributed by atoms with Crippen molar-refractivity contribution in [3.05, 3.63) is 58.0 Å². The summed E-state index contributed by atoms with van der Waals surface area (Å²) in [6, 6.07) is 12.2. The number of benzene rings is 2. The summed E-state index contributed by atoms with van der Waals surface area (Å²) in [5.41, 5.74) is 6.49. The van der Waals surface area contributed by atoms with Crippen LogP contribution in [0.3, 0.4) is 0 Å². The van der Waals surface area contributed by atoms with Crippen molar-refractivity contribution in [2.75, 3.05) is 13.7 Å². The van der Waals surface area contributed by atoms with E-state index in [0.29, 0.717) is 32.9 Å². The normalized spacial score (nSPS) is 16.3. The maximum absolute atomic E-state index is 11.9. The molecule has 28 heavy (non-hydrogen) atoms. The molecule has 3 rings (SSSR count). The summed E-state index contributed by atoms with van der Waals surface area (Å²) in [6.07, 6.45) is 1.80. The molecule has 2 amide bonds. The van der Waals surface area contributed by atoms with Gasteiger partial charge in [0.05, 0.1) is 17.7 Å². The number of methoxy groups -OCH3 is 1. The number of ether oxygens (including phenoxy) is 2. The standard InChI is InChI=1S/C19H16ClN3O4S/c1-26-15-7-11(5-6-14(15)27-10-17(21)24)8-16-18(23-19(25)28-16)22-13-4-2-3-12(20)9-13/h2-9H,10H2,1H3,(H2,21,24)(H,22,23,25). The highest BCUT2D eigenvalue weighted by molar-refractivity contribution is 8.18. The zero-order valence-corrected chi connectivity index (χ0v) is 16.3. The highest BCUT2D eigenvalue weighted by atomic mass is 35.5. The molecule has 0 aliphatic carbocycles. The second-order valence-electron chi connectivity index (χ2n) is 5.63. The predicted octanol–water partition coefficient (Wildman–Crippen LogP) is 3.74. The molecule has 9 heteroatoms. The first-order valence-electron chi connectivity index (χ1n) is 8.09. The number of nitrogens with zero attached hydrogens (tertiary/aromatic N) is 1. The van der Waals surface area contributed by atoms with Gasteiger partial charge >= 0.3 is 0 Å². The van der Waals surface area contributed by atoms with Crippen LogP contribution in [0.1, 0.15) is 5.56 Å². The summed E-state index contributed by atoms with van der Waals surface area (Å²) in [4.78, 5) is 27.9. The first kappa shape index (κ1) is 19.8. The number of hydrogen-bond donors (Lipinski definition) is 2. The smallest absolute Gasteiger partial charge is 0.289 e. The van der Waals surface area contributed by atoms with Crippen molar-refractivity contribution < 1.29 is 19.1 Å². The van der Waals surface area contributed by atoms with Crippen molar-refractivity contribution >= 4 is 52.1 Å². The Labute approximate surface area is 170 Å². The Balaban J connectivity index is 1.90. The van der Waals surface area contributed by atoms with E-state index >= 15 is 0 Å². The number of nitrogens with two attached hydrogens (primary N) is 1. The van der Waals surface area contributed by atoms with Crippen LogP contribution in [0.4, 0.5) is 10.5 Å². The van der Waals surface area contributed by atoms with Gasteiger partial charge in [-0.05, 0) is 53.7 Å². The van der Waals surface area contributed by atoms with Crippen molar-refractivity contribution in [3.8, 4) is 11.5 Å². The average Bonchev–Trinajstić information content (AvgIpc) is 2.99. The van der Waals surface area contributed by atoms with E-state index in [-0.39, 0.29) is 11.8 Å². The summed E-state index contributed by atoms with van der Waals surface area (Å²) in [5, 5.41) is 3.05. The highest BCUT2D eigenvalue weighted by Gasteiger charge is 2.23. The van der Waals surface area contributed by atoms with Gasteiger partial charge in [0, 0.05) is 5.02 Å². The highest BCUT2D eigenvalue weighted by Crippen LogP contribution is 2.32. The van der Waals surface area contributed by atoms with Gasteiger partial charge in [-0.2, -0.15) is 0 Å². The Morgan fingerprint density at radius 3 is 2.82 bits per heavy atom. The minimum Gasteiger partial charge on any atom is -0.493 e. The molecule has 3 N–H and O–H groups in total. The lowest BCUT2D eigenvalue weighted by Crippen LogP contribution is -2.20. The molecule has 1 aliphatic rings. The molecule has 2 aromatic carbocycles. The van der Waals surface area contributed by atoms with Crippen LogP contribution < -0.4 is 20.5 Å². The number of carbonyl (C=O) groups is 2. The number of rotatable bonds is 6. The molecule has 1 aliphatic heterocycles. The van der Waals surface area contributed by atoms with Gasteiger partial charge in [0.2, 0.25) is 0 Å². The van der Waals surface area contributed by atoms with Crippen molar-refractivity contribution in [1.29, 1.82) is 0 Å². The molecule has 0 radical (unpaired) electrons. The fraction of sp³-hybridized carbons (Fsp3) is 0.105. The number of primary amides is 1. The van der Waals surface area contributed by atoms with Crippen LogP contribution in [-0.4, -0.2) is 30.7 Å². The van der Waals surface area contributed by atoms with E-state index in [0.717, 1.165) is 17.3 Å². The molecule has 1 saturated heterocycles. The summed E-state index contributed by atoms with van der Waals surface area (Å²) in [5.74, 6) is 0.683. The molecular formula is C19H16ClN3O4S. The number of amidine groups is 1. The van der Waals surface area contributed by atoms with Gasteiger partial charge in [0.25, 0.3) is 11.1 Å². The molecule has 0 saturated carbocycles. The molecule has 0 spiro atoms. The molecular weight excluding hydrogens is 402 g/mol. The number of thioether (sulfide) groups is 1. The Kier molecular flexibility index (Phi) is 6.23. The fourth-order valence-corrected chi connectivity index (χ4v) is 3.30. The zero-order valence-electron chi connectivity index (χ0n) is 14.8. The third-order valence-electron chi connectivity index (χ3n) is 3.56. The number of carbonyl (C=O) groups excluding carboxylic acids is 2. The van der Waals surface area contributed by atoms with Gasteiger partial charge in [0.15, 0.2) is 18.1 Å². The number of nitrogens with one attached hydrogen (secondary N) is 1. The molecule has 0 bridgehead atoms. The maximum Gasteiger partial charge on any atom is 0.289 e. The Morgan fingerprint density at radius 2 is 2.11 bits per heavy atom. The van der Waals surface area contributed by atoms with Gasteiger partial charge in [-0.25, -0.2) is 4.99 Å². The predicted molar refractivity (Wildman–Crippen MR) is 110 cm³/mol. The molecule has 0 unspecified atom stereocenters. The molecule has 0 aromatic heterocycles. The minimum absolute atomic E-state index is 0.222. The molecule has 2 aromatic rings. The molecule has 1 fully saturated rings. The monoisotopic (exact) mass is 417 g/mol. The Hall–Kier alpha value is -2.97. The topological polar surface area (TPSA) is 103 Å². The van der Waals surface area contributed by atoms with E-state index in [2.05, 4.69) is 10.3 Å². The zero-order chi connectivity index (χ0) is 20.1. The van der Waals surface area contributed by atoms with E-state index in [9.17, 15) is 9.59 Å². The fourth-order valence-electron chi connectivity index (χ4n) is 2.38. The van der Waals surface area contributed by atoms with E-state index in [1.54, 1.807) is 48.5 Å². The second-order valence-corrected chi connectivity index (χ2v) is 7.08. The van der Waals surface area contributed by atoms with Crippen LogP contribution >= 0.6 is 23.4 Å². The first-order valence-corrected chi connectivity index (χ1v) is 9.28. The first-order chi connectivity index (χ1) is 13.4. The third kappa shape index (κ3) is 5.05. The van der Waals surface area contributed by atoms with Crippen LogP contribution in [0.2, 0.25) is 5.02 Å². The van der Waals surface area contributed by atoms with E-state index in [1.165, 1.54) is 7.11 Å². The largest absolute Gasteiger partial charge is 0.493 e. The quantitative estimate of drug-likeness (QED) is 0.745. The van der Waals surface area contributed by atoms with E-state index in [1.807, 2.05) is 0 Å². The summed E-state index contributed by atoms with van der Waals surface area (Å²) < 4.78 is 10.6. The van der Waals surface area contributed by atoms with Crippen molar-refractivity contribution in [1.82, 2.24) is 5.32 Å². The lowest BCUT2D eigenvalue weighted by atomic mass is 10.2. The number of aliphatic imine (C=N–C) groups is 1. The Morgan fingerprint density at radius 1 is 1.29 bits per heavy atom. The Bertz CT molecular complexity index is 991. The lowest BCUT2D eigenvalue weighted by molar-refractivity contribution is -0.119. The molecule has 7 nitrogen and oxygen atoms in total. The van der Waals surface area contributed by atoms with Gasteiger partial charge < -0.3 is 20.5 Å². The number of amides is 2. The van der Waals surface area contributed by atoms with Gasteiger partial charge in [-0.3, -0.25) is 9.59 Å². The van der Waals surface area contributed by atoms with Crippen LogP contribution in [0.15, 0.2) is 52.4 Å². The summed E-state index contributed by atoms with van der Waals surface area (Å²) in [7, 11) is 1.49. The van der Waals surface area contributed by atoms with Crippen LogP contribution in [0.25, 0.3) is 6.08 Å². The van der Waals surface area contributed by atoms with Crippen molar-refractivity contribution in [2.45, 2.75) is 0 Å². The molecule has 0 atom stereocenters. The number of hydrogen-bond acceptors (Lipinski definition) is 6. The lowest BCUT2D eigenvalue weighted by Gasteiger charge is -2.10. The third-order valence-corrected chi connectivity index (χ3v) is 4.61. The SMILES string of the molecule is COc1cc(C=C2SC(=O)NC2=Nc2cccc(Cl)c2)ccc1OCC(N)=O. The maximum atomic E-state index is 11.9. The van der Waals surface area contributed by atoms with Gasteiger partial charge in [-0.1, -0.05) is 23.7 Å². The minimum atomic E-state index is -0.581. The summed E-state index contributed by atoms with van der Waals surface area (Å²) in [6.45, 7) is -0.249.